The van der Waals surface area contributed by atoms with Crippen molar-refractivity contribution in [2.45, 2.75) is 86.2 Å². The first-order valence-corrected chi connectivity index (χ1v) is 25.1. The molecule has 77 heavy (non-hydrogen) atoms. The Bertz CT molecular complexity index is 2530. The van der Waals surface area contributed by atoms with Crippen molar-refractivity contribution in [2.24, 2.45) is 5.41 Å². The van der Waals surface area contributed by atoms with Gasteiger partial charge < -0.3 is 23.7 Å². The highest BCUT2D eigenvalue weighted by Crippen LogP contribution is 2.33. The Hall–Kier alpha value is -7.86. The van der Waals surface area contributed by atoms with E-state index in [1.807, 2.05) is 91.9 Å². The number of hydrogen-bond donors (Lipinski definition) is 0. The Labute approximate surface area is 460 Å². The van der Waals surface area contributed by atoms with E-state index >= 15 is 0 Å². The van der Waals surface area contributed by atoms with Crippen molar-refractivity contribution in [3.05, 3.63) is 236 Å². The summed E-state index contributed by atoms with van der Waals surface area (Å²) >= 11 is 0. The van der Waals surface area contributed by atoms with E-state index < -0.39 is 17.4 Å². The summed E-state index contributed by atoms with van der Waals surface area (Å²) < 4.78 is 23.7. The molecule has 0 aliphatic heterocycles. The summed E-state index contributed by atoms with van der Waals surface area (Å²) in [4.78, 5) is 52.2. The van der Waals surface area contributed by atoms with E-state index in [-0.39, 0.29) is 41.5 Å². The van der Waals surface area contributed by atoms with Gasteiger partial charge >= 0.3 is 23.9 Å². The minimum absolute atomic E-state index is 0.0370. The zero-order valence-electron chi connectivity index (χ0n) is 47.6. The van der Waals surface area contributed by atoms with Crippen molar-refractivity contribution in [1.82, 2.24) is 0 Å². The van der Waals surface area contributed by atoms with Gasteiger partial charge in [-0.3, -0.25) is 4.79 Å². The van der Waals surface area contributed by atoms with Crippen molar-refractivity contribution in [3.8, 4) is 0 Å². The summed E-state index contributed by atoms with van der Waals surface area (Å²) in [6.07, 6.45) is 2.89. The molecule has 0 saturated heterocycles. The molecule has 5 aromatic carbocycles. The van der Waals surface area contributed by atoms with Crippen molar-refractivity contribution >= 4 is 40.8 Å². The van der Waals surface area contributed by atoms with Crippen molar-refractivity contribution in [2.75, 3.05) is 41.7 Å². The second kappa shape index (κ2) is 39.5. The maximum absolute atomic E-state index is 11.3. The summed E-state index contributed by atoms with van der Waals surface area (Å²) in [6, 6.07) is 51.4. The van der Waals surface area contributed by atoms with Crippen LogP contribution in [0.4, 0.5) is 0 Å². The first-order valence-electron chi connectivity index (χ1n) is 25.1. The second-order valence-corrected chi connectivity index (χ2v) is 18.1. The third-order valence-electron chi connectivity index (χ3n) is 11.0. The molecular formula is C66H84O11. The molecule has 0 heterocycles. The van der Waals surface area contributed by atoms with Crippen LogP contribution in [-0.2, 0) is 64.7 Å². The van der Waals surface area contributed by atoms with Crippen LogP contribution in [-0.4, -0.2) is 65.5 Å². The predicted octanol–water partition coefficient (Wildman–Crippen LogP) is 15.2. The van der Waals surface area contributed by atoms with Crippen LogP contribution in [0.5, 0.6) is 0 Å². The summed E-state index contributed by atoms with van der Waals surface area (Å²) in [6.45, 7) is 37.1. The summed E-state index contributed by atoms with van der Waals surface area (Å²) in [5.41, 5.74) is 8.84. The van der Waals surface area contributed by atoms with Crippen LogP contribution in [0.15, 0.2) is 208 Å². The molecule has 0 unspecified atom stereocenters. The van der Waals surface area contributed by atoms with Crippen LogP contribution in [0.1, 0.15) is 102 Å². The summed E-state index contributed by atoms with van der Waals surface area (Å²) in [5, 5.41) is 0. The monoisotopic (exact) mass is 1050 g/mol. The van der Waals surface area contributed by atoms with Gasteiger partial charge in [0.2, 0.25) is 0 Å². The van der Waals surface area contributed by atoms with Crippen LogP contribution in [0.25, 0.3) is 16.9 Å². The lowest BCUT2D eigenvalue weighted by Gasteiger charge is -2.26. The van der Waals surface area contributed by atoms with Gasteiger partial charge in [-0.25, -0.2) is 24.2 Å². The maximum Gasteiger partial charge on any atom is 0.335 e. The van der Waals surface area contributed by atoms with Crippen LogP contribution >= 0.6 is 0 Å². The highest BCUT2D eigenvalue weighted by molar-refractivity contribution is 5.89. The molecule has 0 amide bonds. The molecule has 0 fully saturated rings. The average molecular weight is 1050 g/mol. The second-order valence-electron chi connectivity index (χ2n) is 18.1. The van der Waals surface area contributed by atoms with Gasteiger partial charge in [0.1, 0.15) is 19.0 Å². The first kappa shape index (κ1) is 69.1. The van der Waals surface area contributed by atoms with Crippen LogP contribution < -0.4 is 0 Å². The van der Waals surface area contributed by atoms with E-state index in [9.17, 15) is 19.2 Å². The number of carbonyl (C=O) groups excluding carboxylic acids is 4. The van der Waals surface area contributed by atoms with E-state index in [1.165, 1.54) is 56.3 Å². The Balaban J connectivity index is 0.000000919. The fourth-order valence-electron chi connectivity index (χ4n) is 6.44. The lowest BCUT2D eigenvalue weighted by Crippen LogP contribution is -2.27. The van der Waals surface area contributed by atoms with E-state index in [4.69, 9.17) is 4.74 Å². The van der Waals surface area contributed by atoms with Crippen LogP contribution in [0, 0.1) is 5.41 Å². The number of methoxy groups -OCH3 is 3. The van der Waals surface area contributed by atoms with E-state index in [1.54, 1.807) is 20.8 Å². The largest absolute Gasteiger partial charge is 0.489 e. The molecule has 0 aliphatic rings. The number of benzene rings is 5. The van der Waals surface area contributed by atoms with Crippen LogP contribution in [0.3, 0.4) is 0 Å². The molecule has 0 radical (unpaired) electrons. The molecule has 0 aromatic heterocycles. The lowest BCUT2D eigenvalue weighted by atomic mass is 9.78. The fraction of sp³-hybridized carbons (Fsp3) is 0.303. The molecule has 0 spiro atoms. The molecule has 5 rings (SSSR count). The lowest BCUT2D eigenvalue weighted by molar-refractivity contribution is -0.265. The Kier molecular flexibility index (Phi) is 35.5. The minimum Gasteiger partial charge on any atom is -0.489 e. The number of rotatable bonds is 21. The molecule has 0 atom stereocenters. The first-order chi connectivity index (χ1) is 36.6. The summed E-state index contributed by atoms with van der Waals surface area (Å²) in [7, 11) is 5.30. The standard InChI is InChI=1S/C18H20.C15H14O.C10H16O4.C10H12.C7H12O4.C6H10O2/c1-15(16-10-6-4-7-11-16)14-18(2,3)17-12-8-5-9-13-17;1-13(15-10-6-3-7-11-15)16-12-14-8-4-2-5-9-14;1-7(8(11)13-4)6-10(2,3)9(12)14-5;1-3-9(2)10-7-5-4-6-8-10;1-4-10-7(8)6(2)5-11-9-3;1-4-5(2)6(7)8-3/h4-13H,1,14H2,2-3H3;2-11H,1,12H2;1,6H2,2-5H3;4-8H,2-3H2,1H3;2,4-5H2,1,3H3;2,4H2,1,3H3. The molecule has 5 aromatic rings. The highest BCUT2D eigenvalue weighted by Gasteiger charge is 2.31. The van der Waals surface area contributed by atoms with E-state index in [0.29, 0.717) is 31.0 Å². The number of ether oxygens (including phenoxy) is 5. The Morgan fingerprint density at radius 3 is 1.29 bits per heavy atom. The molecule has 0 N–H and O–H groups in total. The van der Waals surface area contributed by atoms with Gasteiger partial charge in [-0.1, -0.05) is 219 Å². The average Bonchev–Trinajstić information content (AvgIpc) is 3.46. The quantitative estimate of drug-likeness (QED) is 0.0174. The van der Waals surface area contributed by atoms with Crippen molar-refractivity contribution < 1.29 is 52.6 Å². The van der Waals surface area contributed by atoms with Crippen molar-refractivity contribution in [1.29, 1.82) is 0 Å². The molecule has 414 valence electrons. The van der Waals surface area contributed by atoms with Gasteiger partial charge in [-0.2, -0.15) is 0 Å². The Morgan fingerprint density at radius 2 is 0.883 bits per heavy atom. The molecule has 11 nitrogen and oxygen atoms in total. The smallest absolute Gasteiger partial charge is 0.335 e. The molecular weight excluding hydrogens is 969 g/mol. The summed E-state index contributed by atoms with van der Waals surface area (Å²) in [5.74, 6) is -0.925. The number of allylic oxidation sites excluding steroid dienone is 2. The molecule has 0 aliphatic carbocycles. The third kappa shape index (κ3) is 29.7. The van der Waals surface area contributed by atoms with Gasteiger partial charge in [0, 0.05) is 16.7 Å². The van der Waals surface area contributed by atoms with Gasteiger partial charge in [0.25, 0.3) is 0 Å². The fourth-order valence-corrected chi connectivity index (χ4v) is 6.44. The number of esters is 4. The van der Waals surface area contributed by atoms with Gasteiger partial charge in [-0.15, -0.1) is 0 Å². The molecule has 11 heteroatoms. The maximum atomic E-state index is 11.3. The van der Waals surface area contributed by atoms with Gasteiger partial charge in [0.05, 0.1) is 46.0 Å². The normalized spacial score (nSPS) is 9.96. The minimum atomic E-state index is -0.750. The zero-order valence-corrected chi connectivity index (χ0v) is 47.6. The predicted molar refractivity (Wildman–Crippen MR) is 314 cm³/mol. The molecule has 0 saturated carbocycles. The van der Waals surface area contributed by atoms with Gasteiger partial charge in [0.15, 0.2) is 0 Å². The van der Waals surface area contributed by atoms with Crippen LogP contribution in [0.2, 0.25) is 0 Å². The number of hydrogen-bond acceptors (Lipinski definition) is 11. The van der Waals surface area contributed by atoms with E-state index in [0.717, 1.165) is 24.0 Å². The van der Waals surface area contributed by atoms with Gasteiger partial charge in [-0.05, 0) is 85.3 Å². The number of carbonyl (C=O) groups is 4. The van der Waals surface area contributed by atoms with Crippen molar-refractivity contribution in [3.63, 3.8) is 0 Å². The highest BCUT2D eigenvalue weighted by atomic mass is 17.2. The topological polar surface area (TPSA) is 133 Å². The zero-order chi connectivity index (χ0) is 58.2. The Morgan fingerprint density at radius 1 is 0.455 bits per heavy atom. The third-order valence-corrected chi connectivity index (χ3v) is 11.0. The van der Waals surface area contributed by atoms with E-state index in [2.05, 4.69) is 156 Å². The SMILES string of the molecule is C=C(CC(C)(C)C(=O)OC)C(=O)OC.C=C(CC(C)(C)c1ccccc1)c1ccccc1.C=C(CC)C(=O)OC.C=C(CC)c1ccccc1.C=C(COOC)C(=O)OCC.C=C(OCc1ccccc1)c1ccccc1. The molecule has 0 bridgehead atoms.